The van der Waals surface area contributed by atoms with Crippen LogP contribution in [0, 0.1) is 0 Å². The first-order chi connectivity index (χ1) is 10.0. The summed E-state index contributed by atoms with van der Waals surface area (Å²) in [5, 5.41) is 12.6. The van der Waals surface area contributed by atoms with E-state index in [2.05, 4.69) is 10.1 Å². The van der Waals surface area contributed by atoms with Gasteiger partial charge in [0.15, 0.2) is 5.84 Å². The first-order valence-corrected chi connectivity index (χ1v) is 6.85. The van der Waals surface area contributed by atoms with Gasteiger partial charge in [0.05, 0.1) is 15.1 Å². The fourth-order valence-corrected chi connectivity index (χ4v) is 2.12. The fraction of sp³-hybridized carbons (Fsp3) is 0.0769. The highest BCUT2D eigenvalue weighted by molar-refractivity contribution is 6.43. The molecule has 2 rings (SSSR count). The third kappa shape index (κ3) is 3.91. The van der Waals surface area contributed by atoms with E-state index in [1.165, 1.54) is 18.3 Å². The number of hydrogen-bond acceptors (Lipinski definition) is 4. The summed E-state index contributed by atoms with van der Waals surface area (Å²) in [6, 6.07) is 6.42. The molecule has 0 aliphatic carbocycles. The van der Waals surface area contributed by atoms with Crippen molar-refractivity contribution in [2.45, 2.75) is 6.61 Å². The van der Waals surface area contributed by atoms with Gasteiger partial charge in [-0.15, -0.1) is 0 Å². The van der Waals surface area contributed by atoms with Crippen molar-refractivity contribution in [1.29, 1.82) is 0 Å². The van der Waals surface area contributed by atoms with Gasteiger partial charge in [0.25, 0.3) is 0 Å². The summed E-state index contributed by atoms with van der Waals surface area (Å²) in [6.07, 6.45) is 1.53. The summed E-state index contributed by atoms with van der Waals surface area (Å²) in [7, 11) is 0. The fourth-order valence-electron chi connectivity index (χ4n) is 1.53. The second kappa shape index (κ2) is 6.85. The van der Waals surface area contributed by atoms with Crippen molar-refractivity contribution in [3.05, 3.63) is 56.8 Å². The molecule has 0 fully saturated rings. The van der Waals surface area contributed by atoms with E-state index in [0.717, 1.165) is 5.56 Å². The summed E-state index contributed by atoms with van der Waals surface area (Å²) in [5.74, 6) is 0.331. The third-order valence-electron chi connectivity index (χ3n) is 2.56. The highest BCUT2D eigenvalue weighted by atomic mass is 35.5. The van der Waals surface area contributed by atoms with Crippen molar-refractivity contribution in [2.75, 3.05) is 0 Å². The standard InChI is InChI=1S/C13H10Cl3N3O2/c14-8-4-10(16)12(5-9(8)15)21-6-7-1-2-18-11(3-7)13(17)19-20/h1-5,20H,6H2,(H2,17,19). The number of nitrogens with two attached hydrogens (primary N) is 1. The van der Waals surface area contributed by atoms with E-state index in [1.807, 2.05) is 0 Å². The van der Waals surface area contributed by atoms with Crippen LogP contribution in [-0.4, -0.2) is 16.0 Å². The maximum atomic E-state index is 8.63. The van der Waals surface area contributed by atoms with Crippen molar-refractivity contribution < 1.29 is 9.94 Å². The number of hydrogen-bond donors (Lipinski definition) is 2. The Hall–Kier alpha value is -1.69. The van der Waals surface area contributed by atoms with Crippen LogP contribution in [0.4, 0.5) is 0 Å². The van der Waals surface area contributed by atoms with Crippen LogP contribution >= 0.6 is 34.8 Å². The molecule has 5 nitrogen and oxygen atoms in total. The molecule has 0 spiro atoms. The van der Waals surface area contributed by atoms with E-state index < -0.39 is 0 Å². The van der Waals surface area contributed by atoms with Crippen LogP contribution in [-0.2, 0) is 6.61 Å². The van der Waals surface area contributed by atoms with Gasteiger partial charge >= 0.3 is 0 Å². The Bertz CT molecular complexity index is 692. The molecule has 0 saturated carbocycles. The molecule has 1 heterocycles. The molecule has 110 valence electrons. The summed E-state index contributed by atoms with van der Waals surface area (Å²) in [4.78, 5) is 3.97. The predicted molar refractivity (Wildman–Crippen MR) is 82.6 cm³/mol. The first kappa shape index (κ1) is 15.7. The number of amidine groups is 1. The van der Waals surface area contributed by atoms with Gasteiger partial charge in [-0.05, 0) is 23.8 Å². The Morgan fingerprint density at radius 1 is 1.19 bits per heavy atom. The van der Waals surface area contributed by atoms with Gasteiger partial charge in [0.1, 0.15) is 18.1 Å². The van der Waals surface area contributed by atoms with Crippen molar-refractivity contribution in [1.82, 2.24) is 4.98 Å². The minimum Gasteiger partial charge on any atom is -0.487 e. The lowest BCUT2D eigenvalue weighted by Gasteiger charge is -2.10. The summed E-state index contributed by atoms with van der Waals surface area (Å²) >= 11 is 17.8. The molecular weight excluding hydrogens is 337 g/mol. The van der Waals surface area contributed by atoms with Gasteiger partial charge < -0.3 is 15.7 Å². The summed E-state index contributed by atoms with van der Waals surface area (Å²) in [5.41, 5.74) is 6.59. The normalized spacial score (nSPS) is 11.5. The van der Waals surface area contributed by atoms with Crippen LogP contribution in [0.5, 0.6) is 5.75 Å². The molecule has 3 N–H and O–H groups in total. The zero-order valence-electron chi connectivity index (χ0n) is 10.6. The van der Waals surface area contributed by atoms with Crippen molar-refractivity contribution >= 4 is 40.6 Å². The predicted octanol–water partition coefficient (Wildman–Crippen LogP) is 3.72. The number of oxime groups is 1. The van der Waals surface area contributed by atoms with E-state index >= 15 is 0 Å². The number of rotatable bonds is 4. The van der Waals surface area contributed by atoms with E-state index in [-0.39, 0.29) is 12.4 Å². The summed E-state index contributed by atoms with van der Waals surface area (Å²) in [6.45, 7) is 0.214. The van der Waals surface area contributed by atoms with Crippen LogP contribution in [0.25, 0.3) is 0 Å². The Labute approximate surface area is 135 Å². The van der Waals surface area contributed by atoms with Crippen molar-refractivity contribution in [3.63, 3.8) is 0 Å². The molecule has 0 bridgehead atoms. The zero-order valence-corrected chi connectivity index (χ0v) is 12.8. The van der Waals surface area contributed by atoms with Crippen LogP contribution in [0.2, 0.25) is 15.1 Å². The molecule has 0 aliphatic heterocycles. The Kier molecular flexibility index (Phi) is 5.12. The Balaban J connectivity index is 2.15. The average Bonchev–Trinajstić information content (AvgIpc) is 2.49. The van der Waals surface area contributed by atoms with Gasteiger partial charge in [0.2, 0.25) is 0 Å². The van der Waals surface area contributed by atoms with Crippen molar-refractivity contribution in [2.24, 2.45) is 10.9 Å². The van der Waals surface area contributed by atoms with E-state index in [9.17, 15) is 0 Å². The monoisotopic (exact) mass is 345 g/mol. The SMILES string of the molecule is NC(=NO)c1cc(COc2cc(Cl)c(Cl)cc2Cl)ccn1. The summed E-state index contributed by atoms with van der Waals surface area (Å²) < 4.78 is 5.58. The quantitative estimate of drug-likeness (QED) is 0.291. The topological polar surface area (TPSA) is 80.7 Å². The number of aromatic nitrogens is 1. The number of halogens is 3. The molecule has 8 heteroatoms. The van der Waals surface area contributed by atoms with Gasteiger partial charge in [-0.3, -0.25) is 4.98 Å². The molecular formula is C13H10Cl3N3O2. The molecule has 0 amide bonds. The lowest BCUT2D eigenvalue weighted by atomic mass is 10.2. The van der Waals surface area contributed by atoms with E-state index in [1.54, 1.807) is 12.1 Å². The van der Waals surface area contributed by atoms with Crippen molar-refractivity contribution in [3.8, 4) is 5.75 Å². The number of nitrogens with zero attached hydrogens (tertiary/aromatic N) is 2. The maximum Gasteiger partial charge on any atom is 0.188 e. The molecule has 21 heavy (non-hydrogen) atoms. The second-order valence-corrected chi connectivity index (χ2v) is 5.24. The Morgan fingerprint density at radius 3 is 2.62 bits per heavy atom. The largest absolute Gasteiger partial charge is 0.487 e. The minimum absolute atomic E-state index is 0.0792. The average molecular weight is 347 g/mol. The zero-order chi connectivity index (χ0) is 15.4. The molecule has 0 atom stereocenters. The van der Waals surface area contributed by atoms with Gasteiger partial charge in [-0.1, -0.05) is 40.0 Å². The van der Waals surface area contributed by atoms with Gasteiger partial charge in [-0.2, -0.15) is 0 Å². The molecule has 0 aliphatic rings. The number of ether oxygens (including phenoxy) is 1. The molecule has 0 unspecified atom stereocenters. The minimum atomic E-state index is -0.0792. The van der Waals surface area contributed by atoms with E-state index in [4.69, 9.17) is 50.5 Å². The molecule has 0 saturated heterocycles. The number of benzene rings is 1. The van der Waals surface area contributed by atoms with Crippen LogP contribution < -0.4 is 10.5 Å². The van der Waals surface area contributed by atoms with Gasteiger partial charge in [-0.25, -0.2) is 0 Å². The molecule has 2 aromatic rings. The smallest absolute Gasteiger partial charge is 0.188 e. The van der Waals surface area contributed by atoms with E-state index in [0.29, 0.717) is 26.5 Å². The van der Waals surface area contributed by atoms with Crippen LogP contribution in [0.3, 0.4) is 0 Å². The Morgan fingerprint density at radius 2 is 1.90 bits per heavy atom. The molecule has 1 aromatic carbocycles. The third-order valence-corrected chi connectivity index (χ3v) is 3.58. The lowest BCUT2D eigenvalue weighted by molar-refractivity contribution is 0.306. The van der Waals surface area contributed by atoms with Crippen LogP contribution in [0.1, 0.15) is 11.3 Å². The van der Waals surface area contributed by atoms with Crippen LogP contribution in [0.15, 0.2) is 35.6 Å². The second-order valence-electron chi connectivity index (χ2n) is 4.02. The maximum absolute atomic E-state index is 8.63. The highest BCUT2D eigenvalue weighted by Gasteiger charge is 2.08. The van der Waals surface area contributed by atoms with Gasteiger partial charge in [0, 0.05) is 12.3 Å². The lowest BCUT2D eigenvalue weighted by Crippen LogP contribution is -2.15. The highest BCUT2D eigenvalue weighted by Crippen LogP contribution is 2.34. The molecule has 1 aromatic heterocycles. The number of pyridine rings is 1. The first-order valence-electron chi connectivity index (χ1n) is 5.71. The molecule has 0 radical (unpaired) electrons.